The predicted octanol–water partition coefficient (Wildman–Crippen LogP) is 2.15. The van der Waals surface area contributed by atoms with E-state index in [1.54, 1.807) is 17.2 Å². The van der Waals surface area contributed by atoms with E-state index >= 15 is 0 Å². The lowest BCUT2D eigenvalue weighted by atomic mass is 9.99. The van der Waals surface area contributed by atoms with E-state index < -0.39 is 11.6 Å². The van der Waals surface area contributed by atoms with Gasteiger partial charge >= 0.3 is 6.09 Å². The van der Waals surface area contributed by atoms with Crippen LogP contribution in [0.15, 0.2) is 41.6 Å². The van der Waals surface area contributed by atoms with Crippen molar-refractivity contribution < 1.29 is 23.0 Å². The van der Waals surface area contributed by atoms with Crippen LogP contribution in [0.5, 0.6) is 0 Å². The van der Waals surface area contributed by atoms with Crippen LogP contribution in [0.2, 0.25) is 0 Å². The lowest BCUT2D eigenvalue weighted by Crippen LogP contribution is -2.42. The number of benzene rings is 1. The Kier molecular flexibility index (Phi) is 5.99. The molecule has 10 nitrogen and oxygen atoms in total. The summed E-state index contributed by atoms with van der Waals surface area (Å²) in [6.45, 7) is 1.92. The van der Waals surface area contributed by atoms with Crippen molar-refractivity contribution in [1.82, 2.24) is 21.0 Å². The van der Waals surface area contributed by atoms with Crippen molar-refractivity contribution >= 4 is 29.0 Å². The van der Waals surface area contributed by atoms with Crippen LogP contribution in [0.25, 0.3) is 5.57 Å². The molecule has 1 atom stereocenters. The fourth-order valence-electron chi connectivity index (χ4n) is 4.00. The Morgan fingerprint density at radius 2 is 2.21 bits per heavy atom. The first-order valence-corrected chi connectivity index (χ1v) is 10.8. The van der Waals surface area contributed by atoms with Crippen LogP contribution in [0.1, 0.15) is 24.0 Å². The van der Waals surface area contributed by atoms with Gasteiger partial charge in [-0.25, -0.2) is 29.1 Å². The van der Waals surface area contributed by atoms with Gasteiger partial charge in [-0.05, 0) is 35.8 Å². The van der Waals surface area contributed by atoms with Gasteiger partial charge in [0.05, 0.1) is 18.8 Å². The lowest BCUT2D eigenvalue weighted by molar-refractivity contribution is 0.0569. The minimum atomic E-state index is -1.03. The van der Waals surface area contributed by atoms with E-state index in [0.29, 0.717) is 44.7 Å². The average molecular weight is 471 g/mol. The number of nitrogens with two attached hydrogens (primary N) is 1. The van der Waals surface area contributed by atoms with Gasteiger partial charge in [0.25, 0.3) is 0 Å². The van der Waals surface area contributed by atoms with Crippen LogP contribution in [-0.4, -0.2) is 54.2 Å². The van der Waals surface area contributed by atoms with E-state index in [-0.39, 0.29) is 29.5 Å². The van der Waals surface area contributed by atoms with Gasteiger partial charge < -0.3 is 20.1 Å². The Hall–Kier alpha value is -3.77. The summed E-state index contributed by atoms with van der Waals surface area (Å²) in [6.07, 6.45) is 4.33. The van der Waals surface area contributed by atoms with E-state index in [1.165, 1.54) is 17.1 Å². The van der Waals surface area contributed by atoms with Crippen molar-refractivity contribution in [3.8, 4) is 0 Å². The number of carbonyl (C=O) groups is 1. The minimum absolute atomic E-state index is 0.0627. The minimum Gasteiger partial charge on any atom is -0.444 e. The number of hydrazine groups is 2. The number of halogens is 2. The van der Waals surface area contributed by atoms with Crippen LogP contribution in [0, 0.1) is 11.6 Å². The molecule has 1 aromatic carbocycles. The Labute approximate surface area is 194 Å². The first-order chi connectivity index (χ1) is 16.5. The van der Waals surface area contributed by atoms with E-state index in [2.05, 4.69) is 21.2 Å². The van der Waals surface area contributed by atoms with Gasteiger partial charge in [0.15, 0.2) is 17.5 Å². The molecule has 4 N–H and O–H groups in total. The van der Waals surface area contributed by atoms with Crippen molar-refractivity contribution in [3.63, 3.8) is 0 Å². The highest BCUT2D eigenvalue weighted by Crippen LogP contribution is 2.28. The van der Waals surface area contributed by atoms with Crippen LogP contribution in [-0.2, 0) is 9.47 Å². The van der Waals surface area contributed by atoms with Gasteiger partial charge in [-0.2, -0.15) is 0 Å². The average Bonchev–Trinajstić information content (AvgIpc) is 3.54. The Bertz CT molecular complexity index is 1170. The van der Waals surface area contributed by atoms with E-state index in [4.69, 9.17) is 15.2 Å². The zero-order chi connectivity index (χ0) is 23.7. The molecule has 4 heterocycles. The molecule has 1 saturated heterocycles. The van der Waals surface area contributed by atoms with Crippen molar-refractivity contribution in [2.45, 2.75) is 18.9 Å². The third-order valence-corrected chi connectivity index (χ3v) is 5.86. The number of amidine groups is 1. The zero-order valence-electron chi connectivity index (χ0n) is 18.1. The molecule has 0 saturated carbocycles. The van der Waals surface area contributed by atoms with Crippen LogP contribution < -0.4 is 21.8 Å². The summed E-state index contributed by atoms with van der Waals surface area (Å²) < 4.78 is 38.9. The topological polar surface area (TPSA) is 117 Å². The normalized spacial score (nSPS) is 20.1. The molecule has 3 aliphatic rings. The molecule has 0 radical (unpaired) electrons. The Morgan fingerprint density at radius 1 is 1.32 bits per heavy atom. The number of amides is 1. The highest BCUT2D eigenvalue weighted by Gasteiger charge is 2.28. The quantitative estimate of drug-likeness (QED) is 0.621. The van der Waals surface area contributed by atoms with Crippen molar-refractivity contribution in [1.29, 1.82) is 0 Å². The summed E-state index contributed by atoms with van der Waals surface area (Å²) in [5.41, 5.74) is 13.5. The molecule has 12 heteroatoms. The second kappa shape index (κ2) is 9.23. The highest BCUT2D eigenvalue weighted by atomic mass is 19.2. The summed E-state index contributed by atoms with van der Waals surface area (Å²) in [6, 6.07) is 5.63. The summed E-state index contributed by atoms with van der Waals surface area (Å²) in [5.74, 6) is -1.60. The predicted molar refractivity (Wildman–Crippen MR) is 120 cm³/mol. The number of pyridine rings is 1. The number of hydrogen-bond donors (Lipinski definition) is 3. The SMILES string of the molecule is Nc1ncc(C2=CCN(C(=O)OC3CCOC3)CC2)cc1C1=NNNN1c1cccc(F)c1F. The third-order valence-electron chi connectivity index (χ3n) is 5.86. The smallest absolute Gasteiger partial charge is 0.410 e. The number of nitrogen functional groups attached to an aromatic ring is 1. The molecule has 178 valence electrons. The van der Waals surface area contributed by atoms with E-state index in [1.807, 2.05) is 6.08 Å². The van der Waals surface area contributed by atoms with E-state index in [0.717, 1.165) is 17.2 Å². The highest BCUT2D eigenvalue weighted by molar-refractivity contribution is 6.12. The number of aromatic nitrogens is 1. The summed E-state index contributed by atoms with van der Waals surface area (Å²) >= 11 is 0. The van der Waals surface area contributed by atoms with Gasteiger partial charge in [0.2, 0.25) is 0 Å². The number of ether oxygens (including phenoxy) is 2. The first-order valence-electron chi connectivity index (χ1n) is 10.8. The van der Waals surface area contributed by atoms with Gasteiger partial charge in [-0.3, -0.25) is 0 Å². The van der Waals surface area contributed by atoms with Gasteiger partial charge in [-0.1, -0.05) is 12.1 Å². The van der Waals surface area contributed by atoms with Crippen LogP contribution >= 0.6 is 0 Å². The number of hydrogen-bond acceptors (Lipinski definition) is 9. The fraction of sp³-hybridized carbons (Fsp3) is 0.318. The molecule has 34 heavy (non-hydrogen) atoms. The number of rotatable bonds is 4. The molecular weight excluding hydrogens is 448 g/mol. The van der Waals surface area contributed by atoms with Gasteiger partial charge in [0, 0.05) is 25.7 Å². The Balaban J connectivity index is 1.34. The second-order valence-corrected chi connectivity index (χ2v) is 8.02. The van der Waals surface area contributed by atoms with Crippen LogP contribution in [0.4, 0.5) is 25.1 Å². The van der Waals surface area contributed by atoms with Crippen molar-refractivity contribution in [3.05, 3.63) is 59.3 Å². The van der Waals surface area contributed by atoms with Crippen molar-refractivity contribution in [2.24, 2.45) is 5.10 Å². The van der Waals surface area contributed by atoms with E-state index in [9.17, 15) is 13.6 Å². The zero-order valence-corrected chi connectivity index (χ0v) is 18.1. The Morgan fingerprint density at radius 3 is 2.97 bits per heavy atom. The van der Waals surface area contributed by atoms with Crippen molar-refractivity contribution in [2.75, 3.05) is 37.0 Å². The molecule has 1 amide bonds. The maximum Gasteiger partial charge on any atom is 0.410 e. The molecule has 3 aliphatic heterocycles. The molecule has 0 spiro atoms. The third kappa shape index (κ3) is 4.24. The van der Waals surface area contributed by atoms with Gasteiger partial charge in [-0.15, -0.1) is 10.6 Å². The number of carbonyl (C=O) groups excluding carboxylic acids is 1. The number of nitrogens with zero attached hydrogens (tertiary/aromatic N) is 4. The number of anilines is 2. The number of nitrogens with one attached hydrogen (secondary N) is 2. The fourth-order valence-corrected chi connectivity index (χ4v) is 4.00. The molecular formula is C22H23F2N7O3. The molecule has 2 aromatic rings. The second-order valence-electron chi connectivity index (χ2n) is 8.02. The standard InChI is InChI=1S/C22H23F2N7O3/c23-17-2-1-3-18(19(17)24)31-21(27-28-29-31)16-10-14(11-26-20(16)25)13-4-7-30(8-5-13)22(32)34-15-6-9-33-12-15/h1-4,10-11,15,28-29H,5-9,12H2,(H2,25,26). The van der Waals surface area contributed by atoms with Gasteiger partial charge in [0.1, 0.15) is 17.6 Å². The molecule has 5 rings (SSSR count). The summed E-state index contributed by atoms with van der Waals surface area (Å²) in [5, 5.41) is 5.40. The lowest BCUT2D eigenvalue weighted by Gasteiger charge is -2.27. The maximum absolute atomic E-state index is 14.4. The van der Waals surface area contributed by atoms with Crippen LogP contribution in [0.3, 0.4) is 0 Å². The first kappa shape index (κ1) is 22.0. The maximum atomic E-state index is 14.4. The number of hydrazone groups is 1. The molecule has 1 fully saturated rings. The molecule has 0 aliphatic carbocycles. The monoisotopic (exact) mass is 471 g/mol. The molecule has 1 aromatic heterocycles. The molecule has 1 unspecified atom stereocenters. The largest absolute Gasteiger partial charge is 0.444 e. The summed E-state index contributed by atoms with van der Waals surface area (Å²) in [4.78, 5) is 18.3. The summed E-state index contributed by atoms with van der Waals surface area (Å²) in [7, 11) is 0. The molecule has 0 bridgehead atoms.